The summed E-state index contributed by atoms with van der Waals surface area (Å²) in [5.74, 6) is 1.94. The van der Waals surface area contributed by atoms with Gasteiger partial charge in [-0.05, 0) is 18.6 Å². The van der Waals surface area contributed by atoms with E-state index in [2.05, 4.69) is 0 Å². The van der Waals surface area contributed by atoms with Gasteiger partial charge in [-0.1, -0.05) is 0 Å². The molecular weight excluding hydrogens is 192 g/mol. The lowest BCUT2D eigenvalue weighted by atomic mass is 10.1. The summed E-state index contributed by atoms with van der Waals surface area (Å²) in [4.78, 5) is 0. The summed E-state index contributed by atoms with van der Waals surface area (Å²) in [5.41, 5.74) is 0. The van der Waals surface area contributed by atoms with Crippen LogP contribution in [0.3, 0.4) is 0 Å². The highest BCUT2D eigenvalue weighted by atomic mass is 32.2. The van der Waals surface area contributed by atoms with Gasteiger partial charge in [-0.15, -0.1) is 0 Å². The fourth-order valence-electron chi connectivity index (χ4n) is 1.82. The van der Waals surface area contributed by atoms with E-state index in [1.165, 1.54) is 0 Å². The van der Waals surface area contributed by atoms with E-state index in [1.807, 2.05) is 23.5 Å². The Morgan fingerprint density at radius 3 is 2.50 bits per heavy atom. The Hall–Kier alpha value is 0.620. The predicted octanol–water partition coefficient (Wildman–Crippen LogP) is 0.719. The smallest absolute Gasteiger partial charge is 0.0677 e. The first-order valence-electron chi connectivity index (χ1n) is 4.36. The van der Waals surface area contributed by atoms with Crippen LogP contribution in [0, 0.1) is 0 Å². The third-order valence-electron chi connectivity index (χ3n) is 2.48. The highest BCUT2D eigenvalue weighted by molar-refractivity contribution is 8.04. The minimum Gasteiger partial charge on any atom is -0.392 e. The van der Waals surface area contributed by atoms with E-state index >= 15 is 0 Å². The molecule has 2 aliphatic rings. The fourth-order valence-corrected chi connectivity index (χ4v) is 4.96. The Kier molecular flexibility index (Phi) is 2.89. The quantitative estimate of drug-likeness (QED) is 0.663. The largest absolute Gasteiger partial charge is 0.392 e. The molecule has 2 nitrogen and oxygen atoms in total. The molecule has 0 amide bonds. The number of rotatable bonds is 1. The molecule has 0 aromatic rings. The van der Waals surface area contributed by atoms with Gasteiger partial charge in [0.15, 0.2) is 0 Å². The molecule has 0 saturated carbocycles. The van der Waals surface area contributed by atoms with Crippen molar-refractivity contribution in [1.29, 1.82) is 0 Å². The summed E-state index contributed by atoms with van der Waals surface area (Å²) in [6, 6.07) is 0. The molecule has 4 unspecified atom stereocenters. The van der Waals surface area contributed by atoms with Crippen LogP contribution in [0.15, 0.2) is 0 Å². The van der Waals surface area contributed by atoms with E-state index in [0.29, 0.717) is 10.5 Å². The lowest BCUT2D eigenvalue weighted by Gasteiger charge is -2.19. The lowest BCUT2D eigenvalue weighted by molar-refractivity contribution is 0.161. The number of thioether (sulfide) groups is 2. The normalized spacial score (nSPS) is 48.5. The highest BCUT2D eigenvalue weighted by Crippen LogP contribution is 2.40. The Morgan fingerprint density at radius 1 is 1.17 bits per heavy atom. The number of hydrogen-bond donors (Lipinski definition) is 2. The molecular formula is C8H14O2S2. The molecule has 4 heteroatoms. The third kappa shape index (κ3) is 1.76. The predicted molar refractivity (Wildman–Crippen MR) is 53.7 cm³/mol. The van der Waals surface area contributed by atoms with Gasteiger partial charge in [0.1, 0.15) is 0 Å². The van der Waals surface area contributed by atoms with Crippen LogP contribution in [0.1, 0.15) is 12.8 Å². The van der Waals surface area contributed by atoms with Gasteiger partial charge in [0.2, 0.25) is 0 Å². The summed E-state index contributed by atoms with van der Waals surface area (Å²) in [7, 11) is 0. The molecule has 0 radical (unpaired) electrons. The first-order chi connectivity index (χ1) is 5.77. The molecule has 0 spiro atoms. The van der Waals surface area contributed by atoms with E-state index in [4.69, 9.17) is 0 Å². The van der Waals surface area contributed by atoms with E-state index in [9.17, 15) is 10.2 Å². The zero-order valence-corrected chi connectivity index (χ0v) is 8.48. The summed E-state index contributed by atoms with van der Waals surface area (Å²) in [5, 5.41) is 19.8. The average molecular weight is 206 g/mol. The molecule has 0 aromatic carbocycles. The standard InChI is InChI=1S/C8H14O2S2/c9-5-3-7(12-4-5)8-6(10)1-2-11-8/h5-10H,1-4H2. The molecule has 0 aromatic heterocycles. The van der Waals surface area contributed by atoms with Gasteiger partial charge in [0.05, 0.1) is 12.2 Å². The van der Waals surface area contributed by atoms with Crippen molar-refractivity contribution in [1.82, 2.24) is 0 Å². The maximum absolute atomic E-state index is 9.62. The van der Waals surface area contributed by atoms with Crippen molar-refractivity contribution >= 4 is 23.5 Å². The average Bonchev–Trinajstić information content (AvgIpc) is 2.58. The van der Waals surface area contributed by atoms with E-state index in [1.54, 1.807) is 0 Å². The molecule has 2 fully saturated rings. The first-order valence-corrected chi connectivity index (χ1v) is 6.46. The van der Waals surface area contributed by atoms with Crippen LogP contribution in [0.2, 0.25) is 0 Å². The van der Waals surface area contributed by atoms with Crippen LogP contribution < -0.4 is 0 Å². The van der Waals surface area contributed by atoms with Crippen molar-refractivity contribution in [2.24, 2.45) is 0 Å². The SMILES string of the molecule is OC1CSC(C2SCCC2O)C1. The lowest BCUT2D eigenvalue weighted by Crippen LogP contribution is -2.27. The molecule has 2 rings (SSSR count). The fraction of sp³-hybridized carbons (Fsp3) is 1.00. The van der Waals surface area contributed by atoms with Gasteiger partial charge in [0, 0.05) is 16.3 Å². The number of hydrogen-bond acceptors (Lipinski definition) is 4. The van der Waals surface area contributed by atoms with Crippen LogP contribution in [-0.4, -0.2) is 44.4 Å². The Labute approximate surface area is 81.1 Å². The molecule has 0 aliphatic carbocycles. The Morgan fingerprint density at radius 2 is 2.00 bits per heavy atom. The molecule has 12 heavy (non-hydrogen) atoms. The van der Waals surface area contributed by atoms with E-state index < -0.39 is 0 Å². The van der Waals surface area contributed by atoms with Crippen molar-refractivity contribution in [2.75, 3.05) is 11.5 Å². The van der Waals surface area contributed by atoms with E-state index in [0.717, 1.165) is 24.3 Å². The van der Waals surface area contributed by atoms with Gasteiger partial charge >= 0.3 is 0 Å². The second kappa shape index (κ2) is 3.78. The van der Waals surface area contributed by atoms with Crippen LogP contribution in [-0.2, 0) is 0 Å². The van der Waals surface area contributed by atoms with Gasteiger partial charge < -0.3 is 10.2 Å². The minimum atomic E-state index is -0.131. The summed E-state index contributed by atoms with van der Waals surface area (Å²) in [6.07, 6.45) is 1.55. The third-order valence-corrected chi connectivity index (χ3v) is 5.64. The Bertz CT molecular complexity index is 165. The van der Waals surface area contributed by atoms with Crippen LogP contribution in [0.4, 0.5) is 0 Å². The van der Waals surface area contributed by atoms with E-state index in [-0.39, 0.29) is 12.2 Å². The van der Waals surface area contributed by atoms with Crippen molar-refractivity contribution in [3.05, 3.63) is 0 Å². The second-order valence-electron chi connectivity index (χ2n) is 3.45. The maximum Gasteiger partial charge on any atom is 0.0677 e. The zero-order valence-electron chi connectivity index (χ0n) is 6.85. The summed E-state index contributed by atoms with van der Waals surface area (Å²) < 4.78 is 0. The first kappa shape index (κ1) is 9.19. The molecule has 2 heterocycles. The zero-order chi connectivity index (χ0) is 8.55. The molecule has 2 saturated heterocycles. The minimum absolute atomic E-state index is 0.127. The van der Waals surface area contributed by atoms with Crippen molar-refractivity contribution in [3.63, 3.8) is 0 Å². The molecule has 2 N–H and O–H groups in total. The van der Waals surface area contributed by atoms with Crippen LogP contribution >= 0.6 is 23.5 Å². The topological polar surface area (TPSA) is 40.5 Å². The number of aliphatic hydroxyl groups excluding tert-OH is 2. The Balaban J connectivity index is 1.91. The van der Waals surface area contributed by atoms with Crippen LogP contribution in [0.25, 0.3) is 0 Å². The van der Waals surface area contributed by atoms with Gasteiger partial charge in [-0.25, -0.2) is 0 Å². The second-order valence-corrected chi connectivity index (χ2v) is 6.01. The van der Waals surface area contributed by atoms with Crippen molar-refractivity contribution in [3.8, 4) is 0 Å². The number of aliphatic hydroxyl groups is 2. The van der Waals surface area contributed by atoms with Crippen molar-refractivity contribution < 1.29 is 10.2 Å². The summed E-state index contributed by atoms with van der Waals surface area (Å²) >= 11 is 3.69. The van der Waals surface area contributed by atoms with Gasteiger partial charge in [0.25, 0.3) is 0 Å². The molecule has 70 valence electrons. The van der Waals surface area contributed by atoms with Gasteiger partial charge in [-0.2, -0.15) is 23.5 Å². The monoisotopic (exact) mass is 206 g/mol. The van der Waals surface area contributed by atoms with Gasteiger partial charge in [-0.3, -0.25) is 0 Å². The molecule has 0 bridgehead atoms. The maximum atomic E-state index is 9.62. The highest BCUT2D eigenvalue weighted by Gasteiger charge is 2.37. The molecule has 4 atom stereocenters. The summed E-state index contributed by atoms with van der Waals surface area (Å²) in [6.45, 7) is 0. The van der Waals surface area contributed by atoms with Crippen molar-refractivity contribution in [2.45, 2.75) is 35.5 Å². The van der Waals surface area contributed by atoms with Crippen LogP contribution in [0.5, 0.6) is 0 Å². The molecule has 2 aliphatic heterocycles.